The van der Waals surface area contributed by atoms with E-state index in [-0.39, 0.29) is 6.54 Å². The second-order valence-corrected chi connectivity index (χ2v) is 2.39. The Morgan fingerprint density at radius 2 is 1.80 bits per heavy atom. The first-order chi connectivity index (χ1) is 4.45. The lowest BCUT2D eigenvalue weighted by molar-refractivity contribution is 0.351. The first kappa shape index (κ1) is 9.81. The van der Waals surface area contributed by atoms with Gasteiger partial charge in [-0.1, -0.05) is 13.2 Å². The fourth-order valence-corrected chi connectivity index (χ4v) is 0.525. The molecule has 5 heteroatoms. The van der Waals surface area contributed by atoms with Gasteiger partial charge < -0.3 is 17.8 Å². The lowest BCUT2D eigenvalue weighted by Crippen LogP contribution is -2.26. The van der Waals surface area contributed by atoms with Gasteiger partial charge in [-0.25, -0.2) is 0 Å². The zero-order valence-electron chi connectivity index (χ0n) is 6.28. The first-order valence-corrected chi connectivity index (χ1v) is 3.35. The molecule has 0 aliphatic carbocycles. The van der Waals surface area contributed by atoms with Gasteiger partial charge in [0.2, 0.25) is 0 Å². The summed E-state index contributed by atoms with van der Waals surface area (Å²) < 4.78 is 34.8. The van der Waals surface area contributed by atoms with Crippen molar-refractivity contribution in [2.24, 2.45) is 0 Å². The van der Waals surface area contributed by atoms with Crippen LogP contribution in [0.2, 0.25) is 6.32 Å². The maximum absolute atomic E-state index is 11.6. The predicted octanol–water partition coefficient (Wildman–Crippen LogP) is 1.79. The molecule has 0 fully saturated rings. The standard InChI is InChI=1S/C5H12BF3N/c1-3-10(2)5-4-6(7,8)9/h3-5H2,1-2H3/q-1. The summed E-state index contributed by atoms with van der Waals surface area (Å²) in [5.74, 6) is 0. The van der Waals surface area contributed by atoms with Crippen molar-refractivity contribution < 1.29 is 12.9 Å². The van der Waals surface area contributed by atoms with Gasteiger partial charge in [0.1, 0.15) is 0 Å². The Kier molecular flexibility index (Phi) is 3.79. The Labute approximate surface area is 59.3 Å². The molecule has 0 aromatic rings. The zero-order valence-corrected chi connectivity index (χ0v) is 6.28. The molecule has 0 aliphatic rings. The van der Waals surface area contributed by atoms with Crippen LogP contribution in [0.1, 0.15) is 6.92 Å². The first-order valence-electron chi connectivity index (χ1n) is 3.35. The van der Waals surface area contributed by atoms with Crippen LogP contribution in [0.4, 0.5) is 12.9 Å². The highest BCUT2D eigenvalue weighted by Gasteiger charge is 2.22. The van der Waals surface area contributed by atoms with Crippen molar-refractivity contribution in [1.29, 1.82) is 0 Å². The number of rotatable bonds is 4. The Morgan fingerprint density at radius 1 is 1.30 bits per heavy atom. The molecule has 0 heterocycles. The van der Waals surface area contributed by atoms with E-state index in [9.17, 15) is 12.9 Å². The highest BCUT2D eigenvalue weighted by Crippen LogP contribution is 2.14. The van der Waals surface area contributed by atoms with Gasteiger partial charge in [0.05, 0.1) is 0 Å². The van der Waals surface area contributed by atoms with Crippen molar-refractivity contribution >= 4 is 6.98 Å². The Bertz CT molecular complexity index is 93.4. The van der Waals surface area contributed by atoms with Crippen LogP contribution < -0.4 is 0 Å². The summed E-state index contributed by atoms with van der Waals surface area (Å²) >= 11 is 0. The average molecular weight is 154 g/mol. The Morgan fingerprint density at radius 3 is 2.10 bits per heavy atom. The molecule has 0 aromatic carbocycles. The van der Waals surface area contributed by atoms with Gasteiger partial charge in [-0.15, -0.1) is 0 Å². The van der Waals surface area contributed by atoms with Crippen molar-refractivity contribution in [3.05, 3.63) is 0 Å². The maximum atomic E-state index is 11.6. The van der Waals surface area contributed by atoms with Crippen LogP contribution in [0.3, 0.4) is 0 Å². The topological polar surface area (TPSA) is 3.24 Å². The quantitative estimate of drug-likeness (QED) is 0.557. The second-order valence-electron chi connectivity index (χ2n) is 2.39. The molecule has 0 saturated heterocycles. The van der Waals surface area contributed by atoms with Crippen molar-refractivity contribution in [2.75, 3.05) is 20.1 Å². The van der Waals surface area contributed by atoms with E-state index >= 15 is 0 Å². The molecule has 0 saturated carbocycles. The molecule has 0 unspecified atom stereocenters. The largest absolute Gasteiger partial charge is 0.479 e. The van der Waals surface area contributed by atoms with Crippen molar-refractivity contribution in [3.8, 4) is 0 Å². The minimum Gasteiger partial charge on any atom is -0.449 e. The number of hydrogen-bond acceptors (Lipinski definition) is 1. The fourth-order valence-electron chi connectivity index (χ4n) is 0.525. The average Bonchev–Trinajstić information content (AvgIpc) is 1.81. The van der Waals surface area contributed by atoms with Crippen LogP contribution in [-0.4, -0.2) is 32.0 Å². The molecular weight excluding hydrogens is 142 g/mol. The highest BCUT2D eigenvalue weighted by atomic mass is 19.4. The van der Waals surface area contributed by atoms with E-state index in [0.717, 1.165) is 0 Å². The molecule has 0 atom stereocenters. The Hall–Kier alpha value is -0.185. The summed E-state index contributed by atoms with van der Waals surface area (Å²) in [5, 5.41) is 0. The molecule has 0 bridgehead atoms. The molecule has 1 nitrogen and oxygen atoms in total. The number of halogens is 3. The smallest absolute Gasteiger partial charge is 0.449 e. The number of nitrogens with zero attached hydrogens (tertiary/aromatic N) is 1. The summed E-state index contributed by atoms with van der Waals surface area (Å²) in [5.41, 5.74) is 0. The van der Waals surface area contributed by atoms with E-state index in [0.29, 0.717) is 6.54 Å². The summed E-state index contributed by atoms with van der Waals surface area (Å²) in [6.07, 6.45) is -0.648. The third-order valence-electron chi connectivity index (χ3n) is 1.38. The van der Waals surface area contributed by atoms with Crippen LogP contribution in [0, 0.1) is 0 Å². The highest BCUT2D eigenvalue weighted by molar-refractivity contribution is 6.58. The minimum absolute atomic E-state index is 0.125. The van der Waals surface area contributed by atoms with Gasteiger partial charge in [0, 0.05) is 0 Å². The Balaban J connectivity index is 3.36. The molecule has 0 aromatic heterocycles. The van der Waals surface area contributed by atoms with Gasteiger partial charge in [-0.3, -0.25) is 0 Å². The van der Waals surface area contributed by atoms with E-state index < -0.39 is 13.3 Å². The van der Waals surface area contributed by atoms with E-state index in [1.54, 1.807) is 11.9 Å². The molecule has 0 aliphatic heterocycles. The maximum Gasteiger partial charge on any atom is 0.479 e. The van der Waals surface area contributed by atoms with Gasteiger partial charge in [0.25, 0.3) is 0 Å². The molecule has 62 valence electrons. The van der Waals surface area contributed by atoms with Gasteiger partial charge in [-0.05, 0) is 20.1 Å². The predicted molar refractivity (Wildman–Crippen MR) is 37.1 cm³/mol. The van der Waals surface area contributed by atoms with Crippen LogP contribution in [0.15, 0.2) is 0 Å². The summed E-state index contributed by atoms with van der Waals surface area (Å²) in [4.78, 5) is 1.65. The lowest BCUT2D eigenvalue weighted by Gasteiger charge is -2.18. The summed E-state index contributed by atoms with van der Waals surface area (Å²) in [7, 11) is 1.68. The fraction of sp³-hybridized carbons (Fsp3) is 1.00. The van der Waals surface area contributed by atoms with E-state index in [1.807, 2.05) is 6.92 Å². The minimum atomic E-state index is -4.58. The lowest BCUT2D eigenvalue weighted by atomic mass is 9.86. The third-order valence-corrected chi connectivity index (χ3v) is 1.38. The monoisotopic (exact) mass is 154 g/mol. The third kappa shape index (κ3) is 5.94. The van der Waals surface area contributed by atoms with Gasteiger partial charge >= 0.3 is 6.98 Å². The van der Waals surface area contributed by atoms with Crippen LogP contribution >= 0.6 is 0 Å². The van der Waals surface area contributed by atoms with E-state index in [4.69, 9.17) is 0 Å². The normalized spacial score (nSPS) is 12.6. The summed E-state index contributed by atoms with van der Waals surface area (Å²) in [6, 6.07) is 0. The molecule has 0 N–H and O–H groups in total. The van der Waals surface area contributed by atoms with Crippen molar-refractivity contribution in [3.63, 3.8) is 0 Å². The molecule has 0 amide bonds. The van der Waals surface area contributed by atoms with E-state index in [1.165, 1.54) is 0 Å². The van der Waals surface area contributed by atoms with Crippen molar-refractivity contribution in [2.45, 2.75) is 13.2 Å². The molecule has 10 heavy (non-hydrogen) atoms. The SMILES string of the molecule is CCN(C)CC[B-](F)(F)F. The number of hydrogen-bond donors (Lipinski definition) is 0. The molecule has 0 spiro atoms. The van der Waals surface area contributed by atoms with Crippen LogP contribution in [0.5, 0.6) is 0 Å². The van der Waals surface area contributed by atoms with Gasteiger partial charge in [0.15, 0.2) is 0 Å². The molecule has 0 rings (SSSR count). The molecule has 0 radical (unpaired) electrons. The second kappa shape index (κ2) is 3.86. The van der Waals surface area contributed by atoms with Crippen LogP contribution in [0.25, 0.3) is 0 Å². The molecular formula is C5H12BF3N-. The van der Waals surface area contributed by atoms with Gasteiger partial charge in [-0.2, -0.15) is 0 Å². The van der Waals surface area contributed by atoms with Crippen LogP contribution in [-0.2, 0) is 0 Å². The summed E-state index contributed by atoms with van der Waals surface area (Å²) in [6.45, 7) is -1.95. The van der Waals surface area contributed by atoms with Crippen molar-refractivity contribution in [1.82, 2.24) is 4.90 Å². The van der Waals surface area contributed by atoms with E-state index in [2.05, 4.69) is 0 Å². The zero-order chi connectivity index (χ0) is 8.20.